The Labute approximate surface area is 390 Å². The maximum Gasteiger partial charge on any atom is 0.343 e. The van der Waals surface area contributed by atoms with E-state index in [1.165, 1.54) is 11.3 Å². The molecular weight excluding hydrogens is 859 g/mol. The number of carbonyl (C=O) groups excluding carboxylic acids is 4. The molecule has 0 atom stereocenters. The van der Waals surface area contributed by atoms with E-state index >= 15 is 0 Å². The molecule has 0 unspecified atom stereocenters. The Kier molecular flexibility index (Phi) is 16.0. The van der Waals surface area contributed by atoms with Crippen molar-refractivity contribution in [2.24, 2.45) is 5.10 Å². The molecule has 4 aromatic carbocycles. The van der Waals surface area contributed by atoms with Gasteiger partial charge < -0.3 is 28.4 Å². The molecule has 0 bridgehead atoms. The molecule has 0 amide bonds. The molecule has 0 aliphatic rings. The third-order valence-electron chi connectivity index (χ3n) is 9.66. The quantitative estimate of drug-likeness (QED) is 0.0185. The molecular formula is C52H59N3O10S. The standard InChI is InChI=1S/C52H59N3O10S/c1-33(2)44(56)64-51(9,10)31-49(5,6)62-39-22-18-36(19-23-39)46(58)60-28-27-35-17-26-42(38(29-35)30-53-55-48-54-41-15-13-14-16-43(41)66-48)61-47(59)37-20-24-40(25-21-37)63-50(7,8)32-52(11,12)65-45(57)34(3)4/h13-26,29-30H,1,3,27-28,31-32H2,2,4-12H3,(H,54,55)/b53-30+. The Morgan fingerprint density at radius 3 is 1.71 bits per heavy atom. The summed E-state index contributed by atoms with van der Waals surface area (Å²) in [6.07, 6.45) is 2.70. The Morgan fingerprint density at radius 2 is 1.20 bits per heavy atom. The summed E-state index contributed by atoms with van der Waals surface area (Å²) in [6, 6.07) is 26.2. The molecule has 1 heterocycles. The van der Waals surface area contributed by atoms with Crippen molar-refractivity contribution >= 4 is 56.8 Å². The van der Waals surface area contributed by atoms with Crippen LogP contribution in [0.15, 0.2) is 120 Å². The van der Waals surface area contributed by atoms with E-state index in [1.807, 2.05) is 85.7 Å². The number of para-hydroxylation sites is 1. The molecule has 0 saturated heterocycles. The maximum absolute atomic E-state index is 13.5. The van der Waals surface area contributed by atoms with Crippen molar-refractivity contribution in [2.75, 3.05) is 12.0 Å². The molecule has 0 radical (unpaired) electrons. The zero-order valence-electron chi connectivity index (χ0n) is 39.4. The fourth-order valence-corrected chi connectivity index (χ4v) is 8.17. The Bertz CT molecular complexity index is 2570. The highest BCUT2D eigenvalue weighted by molar-refractivity contribution is 7.22. The van der Waals surface area contributed by atoms with Crippen LogP contribution in [0.4, 0.5) is 5.13 Å². The Hall–Kier alpha value is -6.80. The number of hydrogen-bond donors (Lipinski definition) is 1. The molecule has 13 nitrogen and oxygen atoms in total. The highest BCUT2D eigenvalue weighted by Gasteiger charge is 2.35. The number of ether oxygens (including phenoxy) is 6. The summed E-state index contributed by atoms with van der Waals surface area (Å²) < 4.78 is 36.2. The number of nitrogens with zero attached hydrogens (tertiary/aromatic N) is 2. The number of hydrazone groups is 1. The van der Waals surface area contributed by atoms with Crippen LogP contribution in [0, 0.1) is 0 Å². The van der Waals surface area contributed by atoms with Gasteiger partial charge in [0.15, 0.2) is 0 Å². The first-order valence-corrected chi connectivity index (χ1v) is 22.2. The summed E-state index contributed by atoms with van der Waals surface area (Å²) in [5.74, 6) is -0.725. The van der Waals surface area contributed by atoms with Gasteiger partial charge in [-0.15, -0.1) is 0 Å². The van der Waals surface area contributed by atoms with E-state index in [0.717, 1.165) is 15.8 Å². The van der Waals surface area contributed by atoms with E-state index in [9.17, 15) is 19.2 Å². The number of carbonyl (C=O) groups is 4. The Morgan fingerprint density at radius 1 is 0.682 bits per heavy atom. The average Bonchev–Trinajstić information content (AvgIpc) is 3.63. The van der Waals surface area contributed by atoms with Crippen LogP contribution in [0.5, 0.6) is 17.2 Å². The van der Waals surface area contributed by atoms with E-state index in [0.29, 0.717) is 58.2 Å². The van der Waals surface area contributed by atoms with Crippen molar-refractivity contribution in [2.45, 2.75) is 111 Å². The molecule has 14 heteroatoms. The van der Waals surface area contributed by atoms with Gasteiger partial charge in [-0.3, -0.25) is 5.43 Å². The van der Waals surface area contributed by atoms with Crippen LogP contribution >= 0.6 is 11.3 Å². The lowest BCUT2D eigenvalue weighted by Crippen LogP contribution is -2.40. The second kappa shape index (κ2) is 21.0. The van der Waals surface area contributed by atoms with Gasteiger partial charge in [0.2, 0.25) is 5.13 Å². The first-order valence-electron chi connectivity index (χ1n) is 21.4. The smallest absolute Gasteiger partial charge is 0.343 e. The van der Waals surface area contributed by atoms with E-state index in [-0.39, 0.29) is 17.9 Å². The SMILES string of the molecule is C=C(C)C(=O)OC(C)(C)CC(C)(C)Oc1ccc(C(=O)OCCc2ccc(OC(=O)c3ccc(OC(C)(C)CC(C)(C)OC(=O)C(=C)C)cc3)c(/C=N/Nc3nc4ccccc4s3)c2)cc1. The lowest BCUT2D eigenvalue weighted by Gasteiger charge is -2.35. The third kappa shape index (κ3) is 15.2. The van der Waals surface area contributed by atoms with Gasteiger partial charge in [-0.05, 0) is 148 Å². The average molecular weight is 918 g/mol. The number of benzene rings is 4. The third-order valence-corrected chi connectivity index (χ3v) is 10.6. The second-order valence-corrected chi connectivity index (χ2v) is 19.5. The summed E-state index contributed by atoms with van der Waals surface area (Å²) in [5.41, 5.74) is 3.34. The first kappa shape index (κ1) is 50.2. The van der Waals surface area contributed by atoms with Crippen molar-refractivity contribution in [3.8, 4) is 17.2 Å². The summed E-state index contributed by atoms with van der Waals surface area (Å²) in [5, 5.41) is 5.00. The first-order chi connectivity index (χ1) is 30.9. The highest BCUT2D eigenvalue weighted by Crippen LogP contribution is 2.32. The lowest BCUT2D eigenvalue weighted by molar-refractivity contribution is -0.156. The molecule has 1 aromatic heterocycles. The van der Waals surface area contributed by atoms with Crippen molar-refractivity contribution in [3.05, 3.63) is 138 Å². The maximum atomic E-state index is 13.5. The van der Waals surface area contributed by atoms with Gasteiger partial charge >= 0.3 is 23.9 Å². The van der Waals surface area contributed by atoms with Gasteiger partial charge in [0, 0.05) is 36.0 Å². The lowest BCUT2D eigenvalue weighted by atomic mass is 9.92. The number of rotatable bonds is 21. The van der Waals surface area contributed by atoms with E-state index in [1.54, 1.807) is 80.7 Å². The fraction of sp³-hybridized carbons (Fsp3) is 0.346. The van der Waals surface area contributed by atoms with Crippen molar-refractivity contribution in [1.82, 2.24) is 4.98 Å². The molecule has 348 valence electrons. The van der Waals surface area contributed by atoms with Gasteiger partial charge in [-0.1, -0.05) is 42.7 Å². The number of thiazole rings is 1. The van der Waals surface area contributed by atoms with Crippen LogP contribution in [-0.2, 0) is 30.2 Å². The van der Waals surface area contributed by atoms with E-state index in [4.69, 9.17) is 28.4 Å². The second-order valence-electron chi connectivity index (χ2n) is 18.5. The largest absolute Gasteiger partial charge is 0.488 e. The number of aromatic nitrogens is 1. The molecule has 66 heavy (non-hydrogen) atoms. The zero-order chi connectivity index (χ0) is 48.5. The molecule has 5 rings (SSSR count). The summed E-state index contributed by atoms with van der Waals surface area (Å²) >= 11 is 1.45. The van der Waals surface area contributed by atoms with Crippen LogP contribution in [0.1, 0.15) is 114 Å². The van der Waals surface area contributed by atoms with Gasteiger partial charge in [-0.2, -0.15) is 5.10 Å². The number of nitrogens with one attached hydrogen (secondary N) is 1. The van der Waals surface area contributed by atoms with Gasteiger partial charge in [0.25, 0.3) is 0 Å². The minimum atomic E-state index is -0.817. The molecule has 0 spiro atoms. The normalized spacial score (nSPS) is 12.0. The molecule has 0 saturated carbocycles. The molecule has 5 aromatic rings. The molecule has 0 aliphatic carbocycles. The van der Waals surface area contributed by atoms with Crippen molar-refractivity contribution in [1.29, 1.82) is 0 Å². The van der Waals surface area contributed by atoms with E-state index in [2.05, 4.69) is 28.7 Å². The van der Waals surface area contributed by atoms with Crippen LogP contribution in [-0.4, -0.2) is 64.1 Å². The highest BCUT2D eigenvalue weighted by atomic mass is 32.1. The van der Waals surface area contributed by atoms with Crippen molar-refractivity contribution in [3.63, 3.8) is 0 Å². The van der Waals surface area contributed by atoms with E-state index < -0.39 is 46.3 Å². The zero-order valence-corrected chi connectivity index (χ0v) is 40.2. The summed E-state index contributed by atoms with van der Waals surface area (Å²) in [4.78, 5) is 55.4. The van der Waals surface area contributed by atoms with Gasteiger partial charge in [0.1, 0.15) is 39.7 Å². The van der Waals surface area contributed by atoms with Crippen LogP contribution in [0.2, 0.25) is 0 Å². The molecule has 0 fully saturated rings. The van der Waals surface area contributed by atoms with Crippen LogP contribution in [0.3, 0.4) is 0 Å². The van der Waals surface area contributed by atoms with Crippen LogP contribution in [0.25, 0.3) is 10.2 Å². The Balaban J connectivity index is 1.23. The van der Waals surface area contributed by atoms with Crippen LogP contribution < -0.4 is 19.6 Å². The van der Waals surface area contributed by atoms with Gasteiger partial charge in [-0.25, -0.2) is 24.2 Å². The monoisotopic (exact) mass is 917 g/mol. The number of fused-ring (bicyclic) bond motifs is 1. The van der Waals surface area contributed by atoms with Crippen molar-refractivity contribution < 1.29 is 47.6 Å². The predicted molar refractivity (Wildman–Crippen MR) is 258 cm³/mol. The minimum Gasteiger partial charge on any atom is -0.488 e. The summed E-state index contributed by atoms with van der Waals surface area (Å²) in [7, 11) is 0. The minimum absolute atomic E-state index is 0.0735. The topological polar surface area (TPSA) is 161 Å². The summed E-state index contributed by atoms with van der Waals surface area (Å²) in [6.45, 7) is 25.4. The number of esters is 4. The predicted octanol–water partition coefficient (Wildman–Crippen LogP) is 11.3. The number of hydrogen-bond acceptors (Lipinski definition) is 14. The fourth-order valence-electron chi connectivity index (χ4n) is 7.36. The molecule has 0 aliphatic heterocycles. The van der Waals surface area contributed by atoms with Gasteiger partial charge in [0.05, 0.1) is 34.2 Å². The number of anilines is 1. The molecule has 1 N–H and O–H groups in total.